The van der Waals surface area contributed by atoms with Gasteiger partial charge in [-0.3, -0.25) is 4.90 Å². The summed E-state index contributed by atoms with van der Waals surface area (Å²) in [6.07, 6.45) is 8.88. The van der Waals surface area contributed by atoms with Gasteiger partial charge in [-0.15, -0.1) is 0 Å². The summed E-state index contributed by atoms with van der Waals surface area (Å²) in [5.74, 6) is 0. The van der Waals surface area contributed by atoms with Gasteiger partial charge in [0.2, 0.25) is 0 Å². The summed E-state index contributed by atoms with van der Waals surface area (Å²) in [7, 11) is 0. The molecule has 0 bridgehead atoms. The Labute approximate surface area is 183 Å². The van der Waals surface area contributed by atoms with E-state index < -0.39 is 17.7 Å². The smallest absolute Gasteiger partial charge is 0.359 e. The molecule has 30 heavy (non-hydrogen) atoms. The minimum Gasteiger partial charge on any atom is -0.359 e. The number of rotatable bonds is 12. The Morgan fingerprint density at radius 2 is 1.57 bits per heavy atom. The van der Waals surface area contributed by atoms with E-state index in [-0.39, 0.29) is 6.04 Å². The van der Waals surface area contributed by atoms with Crippen LogP contribution in [-0.4, -0.2) is 28.7 Å². The van der Waals surface area contributed by atoms with Crippen LogP contribution in [0.3, 0.4) is 0 Å². The van der Waals surface area contributed by atoms with Crippen LogP contribution in [0, 0.1) is 0 Å². The van der Waals surface area contributed by atoms with Gasteiger partial charge in [0.15, 0.2) is 0 Å². The fourth-order valence-corrected chi connectivity index (χ4v) is 3.48. The molecule has 0 aliphatic carbocycles. The first kappa shape index (κ1) is 26.0. The number of carbonyl (C=O) groups excluding carboxylic acids is 2. The summed E-state index contributed by atoms with van der Waals surface area (Å²) in [4.78, 5) is 26.8. The summed E-state index contributed by atoms with van der Waals surface area (Å²) in [6.45, 7) is 10.5. The molecule has 0 saturated heterocycles. The summed E-state index contributed by atoms with van der Waals surface area (Å²) in [5, 5.41) is 2.91. The molecule has 0 spiro atoms. The normalized spacial score (nSPS) is 12.3. The van der Waals surface area contributed by atoms with Gasteiger partial charge in [0.05, 0.1) is 0 Å². The molecule has 5 heteroatoms. The number of nitrogens with zero attached hydrogens (tertiary/aromatic N) is 1. The van der Waals surface area contributed by atoms with Gasteiger partial charge in [0.1, 0.15) is 0 Å². The molecule has 1 N–H and O–H groups in total. The summed E-state index contributed by atoms with van der Waals surface area (Å²) >= 11 is 0. The largest absolute Gasteiger partial charge is 0.419 e. The predicted octanol–water partition coefficient (Wildman–Crippen LogP) is 7.05. The highest BCUT2D eigenvalue weighted by Crippen LogP contribution is 2.19. The van der Waals surface area contributed by atoms with E-state index in [1.807, 2.05) is 51.1 Å². The third kappa shape index (κ3) is 10.7. The van der Waals surface area contributed by atoms with Crippen molar-refractivity contribution in [3.05, 3.63) is 35.9 Å². The van der Waals surface area contributed by atoms with Crippen LogP contribution < -0.4 is 5.32 Å². The third-order valence-corrected chi connectivity index (χ3v) is 5.26. The zero-order chi connectivity index (χ0) is 22.4. The molecule has 1 atom stereocenters. The van der Waals surface area contributed by atoms with Crippen molar-refractivity contribution < 1.29 is 14.3 Å². The van der Waals surface area contributed by atoms with Crippen LogP contribution in [-0.2, 0) is 11.3 Å². The molecule has 0 heterocycles. The van der Waals surface area contributed by atoms with E-state index in [9.17, 15) is 9.59 Å². The first-order valence-corrected chi connectivity index (χ1v) is 11.6. The Hall–Kier alpha value is -2.04. The number of amides is 2. The highest BCUT2D eigenvalue weighted by Gasteiger charge is 2.30. The van der Waals surface area contributed by atoms with E-state index in [0.717, 1.165) is 31.2 Å². The Morgan fingerprint density at radius 3 is 2.17 bits per heavy atom. The molecule has 1 rings (SSSR count). The second kappa shape index (κ2) is 14.1. The molecule has 0 aliphatic heterocycles. The molecule has 170 valence electrons. The highest BCUT2D eigenvalue weighted by molar-refractivity contribution is 5.84. The van der Waals surface area contributed by atoms with Crippen molar-refractivity contribution >= 4 is 12.2 Å². The second-order valence-electron chi connectivity index (χ2n) is 9.08. The zero-order valence-electron chi connectivity index (χ0n) is 19.7. The molecular weight excluding hydrogens is 376 g/mol. The van der Waals surface area contributed by atoms with Crippen LogP contribution in [0.4, 0.5) is 9.59 Å². The van der Waals surface area contributed by atoms with Gasteiger partial charge in [-0.2, -0.15) is 0 Å². The topological polar surface area (TPSA) is 58.6 Å². The van der Waals surface area contributed by atoms with Crippen LogP contribution in [0.5, 0.6) is 0 Å². The lowest BCUT2D eigenvalue weighted by atomic mass is 10.0. The van der Waals surface area contributed by atoms with Crippen molar-refractivity contribution in [2.75, 3.05) is 0 Å². The predicted molar refractivity (Wildman–Crippen MR) is 123 cm³/mol. The number of hydrogen-bond acceptors (Lipinski definition) is 3. The zero-order valence-corrected chi connectivity index (χ0v) is 19.7. The maximum atomic E-state index is 12.7. The first-order chi connectivity index (χ1) is 14.3. The minimum atomic E-state index is -0.647. The number of ether oxygens (including phenoxy) is 1. The lowest BCUT2D eigenvalue weighted by Crippen LogP contribution is -2.47. The fraction of sp³-hybridized carbons (Fsp3) is 0.680. The van der Waals surface area contributed by atoms with Gasteiger partial charge in [-0.1, -0.05) is 89.1 Å². The molecule has 0 aromatic heterocycles. The van der Waals surface area contributed by atoms with E-state index in [1.54, 1.807) is 4.90 Å². The van der Waals surface area contributed by atoms with Crippen molar-refractivity contribution in [3.63, 3.8) is 0 Å². The summed E-state index contributed by atoms with van der Waals surface area (Å²) < 4.78 is 5.18. The van der Waals surface area contributed by atoms with Crippen LogP contribution >= 0.6 is 0 Å². The quantitative estimate of drug-likeness (QED) is 0.292. The number of nitrogens with one attached hydrogen (secondary N) is 1. The van der Waals surface area contributed by atoms with Crippen molar-refractivity contribution in [2.45, 2.75) is 111 Å². The number of alkyl carbamates (subject to hydrolysis) is 1. The Balaban J connectivity index is 2.57. The standard InChI is InChI=1S/C25H42N2O3/c1-6-8-9-10-11-15-19-22(16-7-2)26-23(28)30-24(29)27(25(3,4)5)20-21-17-13-12-14-18-21/h12-14,17-18,22H,6-11,15-16,19-20H2,1-5H3,(H,26,28). The van der Waals surface area contributed by atoms with E-state index >= 15 is 0 Å². The SMILES string of the molecule is CCCCCCCCC(CCC)NC(=O)OC(=O)N(Cc1ccccc1)C(C)(C)C. The molecule has 0 radical (unpaired) electrons. The first-order valence-electron chi connectivity index (χ1n) is 11.6. The number of hydrogen-bond donors (Lipinski definition) is 1. The van der Waals surface area contributed by atoms with Gasteiger partial charge in [-0.05, 0) is 39.2 Å². The second-order valence-corrected chi connectivity index (χ2v) is 9.08. The molecule has 1 aromatic carbocycles. The van der Waals surface area contributed by atoms with Gasteiger partial charge in [0, 0.05) is 18.1 Å². The average Bonchev–Trinajstić information content (AvgIpc) is 2.68. The minimum absolute atomic E-state index is 0.0543. The maximum Gasteiger partial charge on any atom is 0.419 e. The third-order valence-electron chi connectivity index (χ3n) is 5.26. The van der Waals surface area contributed by atoms with Gasteiger partial charge in [0.25, 0.3) is 0 Å². The molecular formula is C25H42N2O3. The van der Waals surface area contributed by atoms with Crippen molar-refractivity contribution in [1.82, 2.24) is 10.2 Å². The van der Waals surface area contributed by atoms with Crippen LogP contribution in [0.1, 0.15) is 98.0 Å². The number of benzene rings is 1. The van der Waals surface area contributed by atoms with Gasteiger partial charge < -0.3 is 10.1 Å². The van der Waals surface area contributed by atoms with Gasteiger partial charge in [-0.25, -0.2) is 9.59 Å². The Kier molecular flexibility index (Phi) is 12.2. The summed E-state index contributed by atoms with van der Waals surface area (Å²) in [6, 6.07) is 9.79. The van der Waals surface area contributed by atoms with Crippen molar-refractivity contribution in [2.24, 2.45) is 0 Å². The fourth-order valence-electron chi connectivity index (χ4n) is 3.48. The molecule has 1 unspecified atom stereocenters. The number of unbranched alkanes of at least 4 members (excludes halogenated alkanes) is 5. The average molecular weight is 419 g/mol. The van der Waals surface area contributed by atoms with E-state index in [1.165, 1.54) is 32.1 Å². The highest BCUT2D eigenvalue weighted by atomic mass is 16.6. The maximum absolute atomic E-state index is 12.7. The lowest BCUT2D eigenvalue weighted by molar-refractivity contribution is 0.0793. The van der Waals surface area contributed by atoms with Crippen LogP contribution in [0.15, 0.2) is 30.3 Å². The van der Waals surface area contributed by atoms with Crippen molar-refractivity contribution in [1.29, 1.82) is 0 Å². The molecule has 0 fully saturated rings. The molecule has 1 aromatic rings. The van der Waals surface area contributed by atoms with E-state index in [2.05, 4.69) is 19.2 Å². The lowest BCUT2D eigenvalue weighted by Gasteiger charge is -2.34. The van der Waals surface area contributed by atoms with Crippen LogP contribution in [0.2, 0.25) is 0 Å². The van der Waals surface area contributed by atoms with Crippen LogP contribution in [0.25, 0.3) is 0 Å². The van der Waals surface area contributed by atoms with Gasteiger partial charge >= 0.3 is 12.2 Å². The van der Waals surface area contributed by atoms with Crippen molar-refractivity contribution in [3.8, 4) is 0 Å². The monoisotopic (exact) mass is 418 g/mol. The molecule has 0 aliphatic rings. The number of carbonyl (C=O) groups is 2. The Bertz CT molecular complexity index is 611. The summed E-state index contributed by atoms with van der Waals surface area (Å²) in [5.41, 5.74) is 0.533. The Morgan fingerprint density at radius 1 is 0.933 bits per heavy atom. The van der Waals surface area contributed by atoms with E-state index in [0.29, 0.717) is 6.54 Å². The van der Waals surface area contributed by atoms with E-state index in [4.69, 9.17) is 4.74 Å². The molecule has 5 nitrogen and oxygen atoms in total. The molecule has 2 amide bonds. The molecule has 0 saturated carbocycles.